The molecule has 0 saturated carbocycles. The van der Waals surface area contributed by atoms with Gasteiger partial charge in [0.2, 0.25) is 0 Å². The van der Waals surface area contributed by atoms with E-state index in [2.05, 4.69) is 49.9 Å². The normalized spacial score (nSPS) is 18.1. The highest BCUT2D eigenvalue weighted by atomic mass is 32.1. The van der Waals surface area contributed by atoms with E-state index >= 15 is 0 Å². The Bertz CT molecular complexity index is 1100. The topological polar surface area (TPSA) is 44.3 Å². The molecule has 2 aliphatic rings. The van der Waals surface area contributed by atoms with Crippen LogP contribution < -0.4 is 9.64 Å². The van der Waals surface area contributed by atoms with Crippen molar-refractivity contribution in [1.82, 2.24) is 19.7 Å². The van der Waals surface area contributed by atoms with Gasteiger partial charge in [-0.3, -0.25) is 14.7 Å². The van der Waals surface area contributed by atoms with Crippen molar-refractivity contribution >= 4 is 44.0 Å². The Morgan fingerprint density at radius 1 is 1.03 bits per heavy atom. The second-order valence-corrected chi connectivity index (χ2v) is 10.1. The molecule has 3 heterocycles. The third-order valence-electron chi connectivity index (χ3n) is 6.30. The Morgan fingerprint density at radius 2 is 1.82 bits per heavy atom. The Kier molecular flexibility index (Phi) is 7.56. The van der Waals surface area contributed by atoms with Gasteiger partial charge < -0.3 is 14.4 Å². The van der Waals surface area contributed by atoms with Gasteiger partial charge in [0, 0.05) is 26.2 Å². The van der Waals surface area contributed by atoms with E-state index in [9.17, 15) is 0 Å². The maximum Gasteiger partial charge on any atom is 0.193 e. The van der Waals surface area contributed by atoms with Gasteiger partial charge in [-0.2, -0.15) is 0 Å². The molecule has 0 bridgehead atoms. The summed E-state index contributed by atoms with van der Waals surface area (Å²) in [4.78, 5) is 14.4. The average molecular weight is 498 g/mol. The largest absolute Gasteiger partial charge is 0.497 e. The predicted octanol–water partition coefficient (Wildman–Crippen LogP) is 3.85. The number of thiocarbonyl (C=S) groups is 1. The summed E-state index contributed by atoms with van der Waals surface area (Å²) in [5, 5.41) is 1.77. The maximum absolute atomic E-state index is 6.00. The molecule has 2 aliphatic heterocycles. The first-order valence-corrected chi connectivity index (χ1v) is 13.0. The van der Waals surface area contributed by atoms with Gasteiger partial charge >= 0.3 is 0 Å². The second kappa shape index (κ2) is 11.0. The summed E-state index contributed by atoms with van der Waals surface area (Å²) < 4.78 is 12.0. The summed E-state index contributed by atoms with van der Waals surface area (Å²) in [5.41, 5.74) is 2.23. The number of morpholine rings is 1. The number of hydrogen-bond acceptors (Lipinski definition) is 7. The molecule has 9 heteroatoms. The predicted molar refractivity (Wildman–Crippen MR) is 142 cm³/mol. The van der Waals surface area contributed by atoms with Crippen molar-refractivity contribution < 1.29 is 9.47 Å². The first kappa shape index (κ1) is 23.4. The summed E-state index contributed by atoms with van der Waals surface area (Å²) in [6, 6.07) is 16.6. The van der Waals surface area contributed by atoms with Crippen molar-refractivity contribution in [1.29, 1.82) is 0 Å². The highest BCUT2D eigenvalue weighted by molar-refractivity contribution is 7.80. The molecule has 0 amide bonds. The summed E-state index contributed by atoms with van der Waals surface area (Å²) >= 11 is 7.66. The van der Waals surface area contributed by atoms with Gasteiger partial charge in [0.15, 0.2) is 10.2 Å². The number of ether oxygens (including phenoxy) is 2. The third kappa shape index (κ3) is 5.50. The van der Waals surface area contributed by atoms with Crippen LogP contribution in [0.4, 0.5) is 5.13 Å². The van der Waals surface area contributed by atoms with E-state index in [0.717, 1.165) is 91.9 Å². The molecule has 0 atom stereocenters. The number of anilines is 1. The number of methoxy groups -OCH3 is 1. The van der Waals surface area contributed by atoms with Crippen LogP contribution in [0.1, 0.15) is 12.0 Å². The molecule has 0 N–H and O–H groups in total. The highest BCUT2D eigenvalue weighted by Crippen LogP contribution is 2.33. The fourth-order valence-electron chi connectivity index (χ4n) is 4.46. The minimum absolute atomic E-state index is 0.754. The fraction of sp³-hybridized carbons (Fsp3) is 0.440. The minimum Gasteiger partial charge on any atom is -0.497 e. The van der Waals surface area contributed by atoms with Gasteiger partial charge in [0.25, 0.3) is 0 Å². The van der Waals surface area contributed by atoms with Crippen LogP contribution in [-0.2, 0) is 11.3 Å². The van der Waals surface area contributed by atoms with E-state index in [4.69, 9.17) is 26.7 Å². The van der Waals surface area contributed by atoms with Crippen LogP contribution in [-0.4, -0.2) is 84.6 Å². The van der Waals surface area contributed by atoms with E-state index in [1.165, 1.54) is 5.56 Å². The molecular formula is C25H31N5O2S2. The van der Waals surface area contributed by atoms with Crippen molar-refractivity contribution in [3.05, 3.63) is 54.1 Å². The molecule has 5 rings (SSSR count). The van der Waals surface area contributed by atoms with Crippen LogP contribution in [0.2, 0.25) is 0 Å². The molecule has 180 valence electrons. The lowest BCUT2D eigenvalue weighted by molar-refractivity contribution is 0.0352. The zero-order chi connectivity index (χ0) is 23.3. The number of fused-ring (bicyclic) bond motifs is 1. The van der Waals surface area contributed by atoms with E-state index in [1.807, 2.05) is 18.2 Å². The monoisotopic (exact) mass is 497 g/mol. The molecule has 2 fully saturated rings. The Balaban J connectivity index is 1.33. The molecule has 2 saturated heterocycles. The first-order valence-electron chi connectivity index (χ1n) is 11.8. The summed E-state index contributed by atoms with van der Waals surface area (Å²) in [6.07, 6.45) is 1.12. The van der Waals surface area contributed by atoms with Crippen LogP contribution in [0.3, 0.4) is 0 Å². The van der Waals surface area contributed by atoms with Crippen LogP contribution >= 0.6 is 23.6 Å². The van der Waals surface area contributed by atoms with Crippen molar-refractivity contribution in [2.45, 2.75) is 13.0 Å². The van der Waals surface area contributed by atoms with Gasteiger partial charge in [-0.15, -0.1) is 0 Å². The number of rotatable bonds is 8. The molecule has 34 heavy (non-hydrogen) atoms. The fourth-order valence-corrected chi connectivity index (χ4v) is 5.77. The average Bonchev–Trinajstić information content (AvgIpc) is 3.30. The standard InChI is InChI=1S/C25H31N5O2S2/c1-31-21-8-9-22-23(16-21)34-24(26-22)30-19-28(11-5-10-27-12-14-32-15-13-27)18-29(25(30)33)17-20-6-3-2-4-7-20/h2-4,6-9,16H,5,10-15,17-19H2,1H3. The lowest BCUT2D eigenvalue weighted by atomic mass is 10.2. The molecule has 0 spiro atoms. The van der Waals surface area contributed by atoms with Gasteiger partial charge in [0.1, 0.15) is 5.75 Å². The van der Waals surface area contributed by atoms with Crippen molar-refractivity contribution in [3.63, 3.8) is 0 Å². The van der Waals surface area contributed by atoms with E-state index in [1.54, 1.807) is 18.4 Å². The molecular weight excluding hydrogens is 466 g/mol. The van der Waals surface area contributed by atoms with Gasteiger partial charge in [-0.05, 0) is 48.9 Å². The Labute approximate surface area is 210 Å². The maximum atomic E-state index is 6.00. The van der Waals surface area contributed by atoms with Gasteiger partial charge in [-0.25, -0.2) is 4.98 Å². The quantitative estimate of drug-likeness (QED) is 0.435. The van der Waals surface area contributed by atoms with Crippen LogP contribution in [0.5, 0.6) is 5.75 Å². The zero-order valence-electron chi connectivity index (χ0n) is 19.6. The van der Waals surface area contributed by atoms with Gasteiger partial charge in [0.05, 0.1) is 43.9 Å². The molecule has 0 unspecified atom stereocenters. The second-order valence-electron chi connectivity index (χ2n) is 8.71. The lowest BCUT2D eigenvalue weighted by Crippen LogP contribution is -2.58. The number of hydrogen-bond donors (Lipinski definition) is 0. The molecule has 3 aromatic rings. The van der Waals surface area contributed by atoms with Gasteiger partial charge in [-0.1, -0.05) is 41.7 Å². The summed E-state index contributed by atoms with van der Waals surface area (Å²) in [5.74, 6) is 0.847. The van der Waals surface area contributed by atoms with Crippen molar-refractivity contribution in [3.8, 4) is 5.75 Å². The lowest BCUT2D eigenvalue weighted by Gasteiger charge is -2.43. The van der Waals surface area contributed by atoms with E-state index in [0.29, 0.717) is 0 Å². The third-order valence-corrected chi connectivity index (χ3v) is 7.82. The molecule has 7 nitrogen and oxygen atoms in total. The van der Waals surface area contributed by atoms with E-state index in [-0.39, 0.29) is 0 Å². The summed E-state index contributed by atoms with van der Waals surface area (Å²) in [7, 11) is 1.69. The molecule has 0 radical (unpaired) electrons. The SMILES string of the molecule is COc1ccc2nc(N3CN(CCCN4CCOCC4)CN(Cc4ccccc4)C3=S)sc2c1. The zero-order valence-corrected chi connectivity index (χ0v) is 21.2. The number of thiazole rings is 1. The Morgan fingerprint density at radius 3 is 2.62 bits per heavy atom. The molecule has 2 aromatic carbocycles. The number of aromatic nitrogens is 1. The summed E-state index contributed by atoms with van der Waals surface area (Å²) in [6.45, 7) is 8.24. The smallest absolute Gasteiger partial charge is 0.193 e. The Hall–Kier alpha value is -2.30. The number of benzene rings is 2. The van der Waals surface area contributed by atoms with Crippen LogP contribution in [0.15, 0.2) is 48.5 Å². The van der Waals surface area contributed by atoms with Crippen LogP contribution in [0, 0.1) is 0 Å². The van der Waals surface area contributed by atoms with E-state index < -0.39 is 0 Å². The minimum atomic E-state index is 0.754. The first-order chi connectivity index (χ1) is 16.7. The van der Waals surface area contributed by atoms with Crippen molar-refractivity contribution in [2.24, 2.45) is 0 Å². The molecule has 1 aromatic heterocycles. The van der Waals surface area contributed by atoms with Crippen LogP contribution in [0.25, 0.3) is 10.2 Å². The number of nitrogens with zero attached hydrogens (tertiary/aromatic N) is 5. The van der Waals surface area contributed by atoms with Crippen molar-refractivity contribution in [2.75, 3.05) is 64.7 Å². The highest BCUT2D eigenvalue weighted by Gasteiger charge is 2.30. The molecule has 0 aliphatic carbocycles.